The van der Waals surface area contributed by atoms with Gasteiger partial charge in [0.15, 0.2) is 17.5 Å². The molecule has 14 aromatic rings. The quantitative estimate of drug-likeness (QED) is 0.152. The standard InChI is InChI=1S/C70H43N3O2/c1-4-19-44(20-5-1)45-21-15-24-49(42-45)67-71-68(73-69(72-67)57-34-16-32-54-53-29-11-13-37-61(53)75-66(54)57)56-33-18-38-63-65(56)58-43-47(39-40-62(58)74-63)46-22-14-23-48(41-46)52-31-17-36-60-64(52)55-30-10-12-35-59(55)70(60,50-25-6-2-7-26-50)51-27-8-3-9-28-51/h1-43H. The van der Waals surface area contributed by atoms with Crippen molar-refractivity contribution >= 4 is 43.9 Å². The van der Waals surface area contributed by atoms with Gasteiger partial charge in [-0.15, -0.1) is 0 Å². The summed E-state index contributed by atoms with van der Waals surface area (Å²) in [4.78, 5) is 15.9. The third kappa shape index (κ3) is 6.75. The highest BCUT2D eigenvalue weighted by Gasteiger charge is 2.46. The molecule has 0 atom stereocenters. The monoisotopic (exact) mass is 957 g/mol. The number of rotatable bonds is 8. The van der Waals surface area contributed by atoms with Crippen molar-refractivity contribution in [3.8, 4) is 78.7 Å². The molecule has 1 aliphatic rings. The molecule has 3 heterocycles. The average Bonchev–Trinajstić information content (AvgIpc) is 4.21. The van der Waals surface area contributed by atoms with Crippen molar-refractivity contribution in [3.63, 3.8) is 0 Å². The Morgan fingerprint density at radius 1 is 0.280 bits per heavy atom. The molecule has 0 aliphatic heterocycles. The second kappa shape index (κ2) is 17.1. The first-order chi connectivity index (χ1) is 37.2. The molecule has 5 nitrogen and oxygen atoms in total. The van der Waals surface area contributed by atoms with Crippen LogP contribution in [0.3, 0.4) is 0 Å². The van der Waals surface area contributed by atoms with Gasteiger partial charge in [0, 0.05) is 32.7 Å². The highest BCUT2D eigenvalue weighted by atomic mass is 16.3. The first-order valence-corrected chi connectivity index (χ1v) is 25.4. The molecule has 0 radical (unpaired) electrons. The summed E-state index contributed by atoms with van der Waals surface area (Å²) in [6, 6.07) is 92.5. The zero-order chi connectivity index (χ0) is 49.5. The molecule has 5 heteroatoms. The third-order valence-electron chi connectivity index (χ3n) is 15.2. The van der Waals surface area contributed by atoms with Crippen LogP contribution in [0.1, 0.15) is 22.3 Å². The van der Waals surface area contributed by atoms with Crippen LogP contribution in [0.2, 0.25) is 0 Å². The third-order valence-corrected chi connectivity index (χ3v) is 15.2. The smallest absolute Gasteiger partial charge is 0.167 e. The summed E-state index contributed by atoms with van der Waals surface area (Å²) in [5.74, 6) is 1.61. The van der Waals surface area contributed by atoms with E-state index < -0.39 is 5.41 Å². The van der Waals surface area contributed by atoms with Gasteiger partial charge in [-0.2, -0.15) is 0 Å². The zero-order valence-electron chi connectivity index (χ0n) is 40.5. The molecule has 0 saturated heterocycles. The van der Waals surface area contributed by atoms with Crippen molar-refractivity contribution in [2.24, 2.45) is 0 Å². The van der Waals surface area contributed by atoms with Gasteiger partial charge >= 0.3 is 0 Å². The lowest BCUT2D eigenvalue weighted by Gasteiger charge is -2.34. The number of fused-ring (bicyclic) bond motifs is 9. The Hall–Kier alpha value is -9.97. The van der Waals surface area contributed by atoms with E-state index in [1.54, 1.807) is 0 Å². The second-order valence-corrected chi connectivity index (χ2v) is 19.4. The van der Waals surface area contributed by atoms with Gasteiger partial charge in [0.2, 0.25) is 0 Å². The largest absolute Gasteiger partial charge is 0.456 e. The van der Waals surface area contributed by atoms with E-state index in [-0.39, 0.29) is 0 Å². The summed E-state index contributed by atoms with van der Waals surface area (Å²) < 4.78 is 13.3. The first-order valence-electron chi connectivity index (χ1n) is 25.4. The fourth-order valence-electron chi connectivity index (χ4n) is 11.9. The molecule has 75 heavy (non-hydrogen) atoms. The normalized spacial score (nSPS) is 12.6. The van der Waals surface area contributed by atoms with Gasteiger partial charge in [-0.3, -0.25) is 0 Å². The Bertz CT molecular complexity index is 4500. The van der Waals surface area contributed by atoms with Crippen molar-refractivity contribution < 1.29 is 8.83 Å². The van der Waals surface area contributed by atoms with E-state index in [9.17, 15) is 0 Å². The summed E-state index contributed by atoms with van der Waals surface area (Å²) >= 11 is 0. The van der Waals surface area contributed by atoms with Crippen LogP contribution in [0.5, 0.6) is 0 Å². The summed E-state index contributed by atoms with van der Waals surface area (Å²) in [6.45, 7) is 0. The number of nitrogens with zero attached hydrogens (tertiary/aromatic N) is 3. The topological polar surface area (TPSA) is 65.0 Å². The Morgan fingerprint density at radius 2 is 0.787 bits per heavy atom. The lowest BCUT2D eigenvalue weighted by atomic mass is 9.67. The highest BCUT2D eigenvalue weighted by Crippen LogP contribution is 2.58. The summed E-state index contributed by atoms with van der Waals surface area (Å²) in [6.07, 6.45) is 0. The Labute approximate surface area is 432 Å². The van der Waals surface area contributed by atoms with Crippen molar-refractivity contribution in [3.05, 3.63) is 283 Å². The molecule has 15 rings (SSSR count). The fraction of sp³-hybridized carbons (Fsp3) is 0.0143. The molecular weight excluding hydrogens is 915 g/mol. The molecule has 350 valence electrons. The van der Waals surface area contributed by atoms with Gasteiger partial charge in [0.05, 0.1) is 11.0 Å². The minimum absolute atomic E-state index is 0.486. The van der Waals surface area contributed by atoms with Crippen LogP contribution in [-0.2, 0) is 5.41 Å². The molecule has 0 N–H and O–H groups in total. The van der Waals surface area contributed by atoms with E-state index in [1.807, 2.05) is 48.5 Å². The number of hydrogen-bond donors (Lipinski definition) is 0. The molecule has 0 bridgehead atoms. The Kier molecular flexibility index (Phi) is 9.72. The van der Waals surface area contributed by atoms with Crippen LogP contribution in [0, 0.1) is 0 Å². The lowest BCUT2D eigenvalue weighted by Crippen LogP contribution is -2.28. The lowest BCUT2D eigenvalue weighted by molar-refractivity contribution is 0.668. The van der Waals surface area contributed by atoms with Crippen molar-refractivity contribution in [2.75, 3.05) is 0 Å². The molecule has 0 amide bonds. The van der Waals surface area contributed by atoms with E-state index in [2.05, 4.69) is 212 Å². The Morgan fingerprint density at radius 3 is 1.60 bits per heavy atom. The Balaban J connectivity index is 0.890. The molecule has 0 fully saturated rings. The van der Waals surface area contributed by atoms with Crippen molar-refractivity contribution in [1.29, 1.82) is 0 Å². The van der Waals surface area contributed by atoms with E-state index >= 15 is 0 Å². The first kappa shape index (κ1) is 42.7. The fourth-order valence-corrected chi connectivity index (χ4v) is 11.9. The van der Waals surface area contributed by atoms with E-state index in [1.165, 1.54) is 38.9 Å². The SMILES string of the molecule is c1ccc(-c2cccc(-c3nc(-c4cccc5c4oc4ccccc45)nc(-c4cccc5oc6ccc(-c7cccc(-c8cccc9c8-c8ccccc8C9(c8ccccc8)c8ccccc8)c7)cc6c45)n3)c2)cc1. The molecule has 3 aromatic heterocycles. The van der Waals surface area contributed by atoms with Gasteiger partial charge in [0.1, 0.15) is 22.3 Å². The van der Waals surface area contributed by atoms with Gasteiger partial charge in [0.25, 0.3) is 0 Å². The minimum Gasteiger partial charge on any atom is -0.456 e. The predicted octanol–water partition coefficient (Wildman–Crippen LogP) is 18.0. The van der Waals surface area contributed by atoms with Crippen LogP contribution in [0.25, 0.3) is 123 Å². The molecular formula is C70H43N3O2. The molecule has 11 aromatic carbocycles. The van der Waals surface area contributed by atoms with Crippen LogP contribution in [-0.4, -0.2) is 15.0 Å². The number of aromatic nitrogens is 3. The number of benzene rings is 11. The summed E-state index contributed by atoms with van der Waals surface area (Å²) in [5, 5.41) is 3.96. The van der Waals surface area contributed by atoms with Gasteiger partial charge in [-0.1, -0.05) is 218 Å². The van der Waals surface area contributed by atoms with Gasteiger partial charge in [-0.05, 0) is 109 Å². The maximum atomic E-state index is 6.67. The summed E-state index contributed by atoms with van der Waals surface area (Å²) in [5.41, 5.74) is 19.4. The molecule has 0 spiro atoms. The highest BCUT2D eigenvalue weighted by molar-refractivity contribution is 6.13. The van der Waals surface area contributed by atoms with E-state index in [0.717, 1.165) is 88.4 Å². The van der Waals surface area contributed by atoms with Crippen LogP contribution in [0.4, 0.5) is 0 Å². The predicted molar refractivity (Wildman–Crippen MR) is 304 cm³/mol. The number of para-hydroxylation sites is 2. The minimum atomic E-state index is -0.486. The molecule has 1 aliphatic carbocycles. The summed E-state index contributed by atoms with van der Waals surface area (Å²) in [7, 11) is 0. The van der Waals surface area contributed by atoms with Gasteiger partial charge < -0.3 is 8.83 Å². The maximum absolute atomic E-state index is 6.67. The molecule has 0 unspecified atom stereocenters. The maximum Gasteiger partial charge on any atom is 0.167 e. The number of hydrogen-bond acceptors (Lipinski definition) is 5. The van der Waals surface area contributed by atoms with Gasteiger partial charge in [-0.25, -0.2) is 15.0 Å². The zero-order valence-corrected chi connectivity index (χ0v) is 40.5. The van der Waals surface area contributed by atoms with Crippen molar-refractivity contribution in [2.45, 2.75) is 5.41 Å². The van der Waals surface area contributed by atoms with Crippen LogP contribution in [0.15, 0.2) is 270 Å². The van der Waals surface area contributed by atoms with E-state index in [4.69, 9.17) is 23.8 Å². The van der Waals surface area contributed by atoms with Crippen molar-refractivity contribution in [1.82, 2.24) is 15.0 Å². The number of furan rings is 2. The van der Waals surface area contributed by atoms with E-state index in [0.29, 0.717) is 17.5 Å². The van der Waals surface area contributed by atoms with Crippen LogP contribution >= 0.6 is 0 Å². The molecule has 0 saturated carbocycles. The van der Waals surface area contributed by atoms with Crippen LogP contribution < -0.4 is 0 Å². The average molecular weight is 958 g/mol. The second-order valence-electron chi connectivity index (χ2n) is 19.4.